The van der Waals surface area contributed by atoms with Gasteiger partial charge in [0.2, 0.25) is 5.91 Å². The molecule has 150 valence electrons. The van der Waals surface area contributed by atoms with Gasteiger partial charge in [0, 0.05) is 5.69 Å². The second-order valence-electron chi connectivity index (χ2n) is 6.42. The second-order valence-corrected chi connectivity index (χ2v) is 6.42. The van der Waals surface area contributed by atoms with Crippen molar-refractivity contribution in [2.75, 3.05) is 12.4 Å². The number of carbonyl (C=O) groups excluding carboxylic acids is 1. The molecule has 0 aliphatic carbocycles. The number of nitrogens with one attached hydrogen (secondary N) is 1. The Morgan fingerprint density at radius 2 is 1.70 bits per heavy atom. The lowest BCUT2D eigenvalue weighted by Crippen LogP contribution is -2.14. The third-order valence-corrected chi connectivity index (χ3v) is 4.35. The van der Waals surface area contributed by atoms with Crippen LogP contribution >= 0.6 is 0 Å². The SMILES string of the molecule is COc1ccccc1Oc1ccc(NC(=O)Cc2ccc(-n3cnnn3)cc2)cc1. The van der Waals surface area contributed by atoms with Gasteiger partial charge < -0.3 is 14.8 Å². The van der Waals surface area contributed by atoms with E-state index in [1.165, 1.54) is 6.33 Å². The van der Waals surface area contributed by atoms with Crippen LogP contribution in [0, 0.1) is 0 Å². The Hall–Kier alpha value is -4.20. The minimum Gasteiger partial charge on any atom is -0.493 e. The Kier molecular flexibility index (Phi) is 5.66. The monoisotopic (exact) mass is 401 g/mol. The molecule has 8 heteroatoms. The fourth-order valence-corrected chi connectivity index (χ4v) is 2.87. The number of rotatable bonds is 7. The van der Waals surface area contributed by atoms with Gasteiger partial charge in [-0.05, 0) is 64.5 Å². The van der Waals surface area contributed by atoms with Crippen LogP contribution in [0.3, 0.4) is 0 Å². The van der Waals surface area contributed by atoms with E-state index in [2.05, 4.69) is 20.8 Å². The quantitative estimate of drug-likeness (QED) is 0.508. The van der Waals surface area contributed by atoms with E-state index in [1.807, 2.05) is 48.5 Å². The van der Waals surface area contributed by atoms with Crippen molar-refractivity contribution >= 4 is 11.6 Å². The first-order valence-electron chi connectivity index (χ1n) is 9.24. The van der Waals surface area contributed by atoms with Crippen molar-refractivity contribution in [3.05, 3.63) is 84.7 Å². The second kappa shape index (κ2) is 8.87. The van der Waals surface area contributed by atoms with E-state index >= 15 is 0 Å². The first kappa shape index (κ1) is 19.1. The third kappa shape index (κ3) is 4.61. The minimum atomic E-state index is -0.108. The van der Waals surface area contributed by atoms with E-state index in [1.54, 1.807) is 36.1 Å². The maximum atomic E-state index is 12.4. The van der Waals surface area contributed by atoms with Crippen molar-refractivity contribution in [2.45, 2.75) is 6.42 Å². The molecule has 4 rings (SSSR count). The molecule has 0 saturated heterocycles. The molecule has 0 saturated carbocycles. The highest BCUT2D eigenvalue weighted by molar-refractivity contribution is 5.92. The molecule has 1 N–H and O–H groups in total. The van der Waals surface area contributed by atoms with Crippen LogP contribution in [0.4, 0.5) is 5.69 Å². The molecule has 0 radical (unpaired) electrons. The van der Waals surface area contributed by atoms with Crippen LogP contribution in [0.5, 0.6) is 17.2 Å². The van der Waals surface area contributed by atoms with E-state index in [-0.39, 0.29) is 12.3 Å². The average Bonchev–Trinajstić information content (AvgIpc) is 3.31. The number of carbonyl (C=O) groups is 1. The van der Waals surface area contributed by atoms with Gasteiger partial charge in [0.05, 0.1) is 19.2 Å². The lowest BCUT2D eigenvalue weighted by molar-refractivity contribution is -0.115. The maximum absolute atomic E-state index is 12.4. The van der Waals surface area contributed by atoms with Gasteiger partial charge in [-0.2, -0.15) is 0 Å². The first-order valence-corrected chi connectivity index (χ1v) is 9.24. The smallest absolute Gasteiger partial charge is 0.228 e. The molecule has 1 heterocycles. The van der Waals surface area contributed by atoms with E-state index in [0.717, 1.165) is 11.3 Å². The first-order chi connectivity index (χ1) is 14.7. The number of tetrazole rings is 1. The van der Waals surface area contributed by atoms with Crippen LogP contribution in [0.15, 0.2) is 79.1 Å². The van der Waals surface area contributed by atoms with Crippen LogP contribution in [-0.2, 0) is 11.2 Å². The minimum absolute atomic E-state index is 0.108. The summed E-state index contributed by atoms with van der Waals surface area (Å²) < 4.78 is 12.7. The number of ether oxygens (including phenoxy) is 2. The zero-order valence-electron chi connectivity index (χ0n) is 16.2. The molecule has 0 atom stereocenters. The van der Waals surface area contributed by atoms with Crippen molar-refractivity contribution in [1.82, 2.24) is 20.2 Å². The number of hydrogen-bond donors (Lipinski definition) is 1. The standard InChI is InChI=1S/C22H19N5O3/c1-29-20-4-2-3-5-21(20)30-19-12-8-17(9-13-19)24-22(28)14-16-6-10-18(11-7-16)27-15-23-25-26-27/h2-13,15H,14H2,1H3,(H,24,28). The van der Waals surface area contributed by atoms with Crippen LogP contribution in [-0.4, -0.2) is 33.2 Å². The van der Waals surface area contributed by atoms with Gasteiger partial charge in [-0.3, -0.25) is 4.79 Å². The summed E-state index contributed by atoms with van der Waals surface area (Å²) in [7, 11) is 1.60. The number of nitrogens with zero attached hydrogens (tertiary/aromatic N) is 4. The van der Waals surface area contributed by atoms with Gasteiger partial charge in [-0.1, -0.05) is 24.3 Å². The Bertz CT molecular complexity index is 1110. The Labute approximate surface area is 173 Å². The summed E-state index contributed by atoms with van der Waals surface area (Å²) in [6.45, 7) is 0. The fourth-order valence-electron chi connectivity index (χ4n) is 2.87. The summed E-state index contributed by atoms with van der Waals surface area (Å²) in [4.78, 5) is 12.4. The molecule has 8 nitrogen and oxygen atoms in total. The molecule has 1 aromatic heterocycles. The number of aromatic nitrogens is 4. The number of hydrogen-bond acceptors (Lipinski definition) is 6. The molecular formula is C22H19N5O3. The highest BCUT2D eigenvalue weighted by Crippen LogP contribution is 2.31. The average molecular weight is 401 g/mol. The molecular weight excluding hydrogens is 382 g/mol. The molecule has 0 bridgehead atoms. The largest absolute Gasteiger partial charge is 0.493 e. The highest BCUT2D eigenvalue weighted by atomic mass is 16.5. The number of benzene rings is 3. The molecule has 3 aromatic carbocycles. The zero-order chi connectivity index (χ0) is 20.8. The van der Waals surface area contributed by atoms with Gasteiger partial charge in [0.15, 0.2) is 11.5 Å². The molecule has 0 aliphatic rings. The van der Waals surface area contributed by atoms with Gasteiger partial charge in [-0.15, -0.1) is 5.10 Å². The summed E-state index contributed by atoms with van der Waals surface area (Å²) in [5.74, 6) is 1.82. The van der Waals surface area contributed by atoms with Crippen LogP contribution in [0.1, 0.15) is 5.56 Å². The van der Waals surface area contributed by atoms with Crippen molar-refractivity contribution in [3.63, 3.8) is 0 Å². The number of methoxy groups -OCH3 is 1. The van der Waals surface area contributed by atoms with Gasteiger partial charge in [0.1, 0.15) is 12.1 Å². The lowest BCUT2D eigenvalue weighted by atomic mass is 10.1. The van der Waals surface area contributed by atoms with Crippen molar-refractivity contribution in [1.29, 1.82) is 0 Å². The van der Waals surface area contributed by atoms with Crippen LogP contribution in [0.2, 0.25) is 0 Å². The summed E-state index contributed by atoms with van der Waals surface area (Å²) in [6, 6.07) is 22.1. The van der Waals surface area contributed by atoms with Crippen molar-refractivity contribution in [3.8, 4) is 22.9 Å². The fraction of sp³-hybridized carbons (Fsp3) is 0.0909. The molecule has 30 heavy (non-hydrogen) atoms. The van der Waals surface area contributed by atoms with Crippen LogP contribution in [0.25, 0.3) is 5.69 Å². The van der Waals surface area contributed by atoms with Gasteiger partial charge in [0.25, 0.3) is 0 Å². The van der Waals surface area contributed by atoms with E-state index in [9.17, 15) is 4.79 Å². The van der Waals surface area contributed by atoms with Gasteiger partial charge >= 0.3 is 0 Å². The predicted molar refractivity (Wildman–Crippen MR) is 111 cm³/mol. The third-order valence-electron chi connectivity index (χ3n) is 4.35. The molecule has 1 amide bonds. The Balaban J connectivity index is 1.34. The van der Waals surface area contributed by atoms with Crippen molar-refractivity contribution in [2.24, 2.45) is 0 Å². The molecule has 0 aliphatic heterocycles. The normalized spacial score (nSPS) is 10.4. The lowest BCUT2D eigenvalue weighted by Gasteiger charge is -2.11. The number of para-hydroxylation sites is 2. The topological polar surface area (TPSA) is 91.2 Å². The summed E-state index contributed by atoms with van der Waals surface area (Å²) in [5.41, 5.74) is 2.41. The maximum Gasteiger partial charge on any atom is 0.228 e. The molecule has 0 spiro atoms. The zero-order valence-corrected chi connectivity index (χ0v) is 16.2. The van der Waals surface area contributed by atoms with E-state index < -0.39 is 0 Å². The Morgan fingerprint density at radius 1 is 0.967 bits per heavy atom. The highest BCUT2D eigenvalue weighted by Gasteiger charge is 2.07. The van der Waals surface area contributed by atoms with Crippen molar-refractivity contribution < 1.29 is 14.3 Å². The summed E-state index contributed by atoms with van der Waals surface area (Å²) >= 11 is 0. The predicted octanol–water partition coefficient (Wildman–Crippen LogP) is 3.64. The van der Waals surface area contributed by atoms with Gasteiger partial charge in [-0.25, -0.2) is 4.68 Å². The number of amides is 1. The molecule has 0 fully saturated rings. The van der Waals surface area contributed by atoms with Crippen LogP contribution < -0.4 is 14.8 Å². The number of anilines is 1. The molecule has 4 aromatic rings. The van der Waals surface area contributed by atoms with E-state index in [0.29, 0.717) is 22.9 Å². The summed E-state index contributed by atoms with van der Waals surface area (Å²) in [5, 5.41) is 13.9. The van der Waals surface area contributed by atoms with E-state index in [4.69, 9.17) is 9.47 Å². The summed E-state index contributed by atoms with van der Waals surface area (Å²) in [6.07, 6.45) is 1.78. The molecule has 0 unspecified atom stereocenters. The Morgan fingerprint density at radius 3 is 2.37 bits per heavy atom.